The van der Waals surface area contributed by atoms with E-state index in [4.69, 9.17) is 15.1 Å². The van der Waals surface area contributed by atoms with Gasteiger partial charge in [0.1, 0.15) is 5.82 Å². The van der Waals surface area contributed by atoms with Gasteiger partial charge in [-0.1, -0.05) is 18.3 Å². The summed E-state index contributed by atoms with van der Waals surface area (Å²) in [5.41, 5.74) is 2.63. The van der Waals surface area contributed by atoms with Gasteiger partial charge in [-0.25, -0.2) is 14.4 Å². The predicted molar refractivity (Wildman–Crippen MR) is 156 cm³/mol. The Labute approximate surface area is 240 Å². The van der Waals surface area contributed by atoms with Crippen LogP contribution in [0.4, 0.5) is 20.5 Å². The first-order valence-electron chi connectivity index (χ1n) is 13.6. The third-order valence-corrected chi connectivity index (χ3v) is 9.59. The van der Waals surface area contributed by atoms with Crippen molar-refractivity contribution in [3.63, 3.8) is 0 Å². The highest BCUT2D eigenvalue weighted by Gasteiger charge is 2.32. The number of rotatable bonds is 8. The molecule has 2 saturated heterocycles. The monoisotopic (exact) mass is 584 g/mol. The molecule has 0 radical (unpaired) electrons. The first-order chi connectivity index (χ1) is 19.3. The molecule has 0 saturated carbocycles. The molecule has 2 aliphatic rings. The number of nitrogens with zero attached hydrogens (tertiary/aromatic N) is 8. The van der Waals surface area contributed by atoms with E-state index in [1.807, 2.05) is 28.9 Å². The number of hydrogen-bond donors (Lipinski definition) is 1. The van der Waals surface area contributed by atoms with Crippen molar-refractivity contribution in [1.29, 1.82) is 0 Å². The van der Waals surface area contributed by atoms with Gasteiger partial charge < -0.3 is 19.8 Å². The molecular formula is C27H33FN8O2S2. The second-order valence-corrected chi connectivity index (χ2v) is 12.3. The van der Waals surface area contributed by atoms with Crippen LogP contribution in [0.3, 0.4) is 0 Å². The Bertz CT molecular complexity index is 1500. The van der Waals surface area contributed by atoms with Crippen molar-refractivity contribution in [2.75, 3.05) is 56.6 Å². The lowest BCUT2D eigenvalue weighted by atomic mass is 10.0. The number of imidazole rings is 1. The molecule has 0 spiro atoms. The standard InChI is InChI=1S/C27H33FN8O2S2/c1-4-21-24(33(3)25-30-22(16-39-25)17-7-9-18(28)10-8-17)36-26(29-21)40-27(31-36)34-11-5-6-19(12-34)32(2)15-23(38)35-13-20(37)14-35/h7-10,16,19-20,37H,4-6,11-15H2,1-3H3. The lowest BCUT2D eigenvalue weighted by molar-refractivity contribution is -0.142. The molecule has 2 aliphatic heterocycles. The molecule has 10 nitrogen and oxygen atoms in total. The van der Waals surface area contributed by atoms with Gasteiger partial charge in [0.15, 0.2) is 10.9 Å². The summed E-state index contributed by atoms with van der Waals surface area (Å²) in [6, 6.07) is 6.62. The van der Waals surface area contributed by atoms with Gasteiger partial charge in [0, 0.05) is 50.2 Å². The molecule has 1 N–H and O–H groups in total. The van der Waals surface area contributed by atoms with Gasteiger partial charge in [-0.15, -0.1) is 16.4 Å². The smallest absolute Gasteiger partial charge is 0.236 e. The lowest BCUT2D eigenvalue weighted by Gasteiger charge is -2.40. The zero-order valence-electron chi connectivity index (χ0n) is 22.8. The van der Waals surface area contributed by atoms with Crippen molar-refractivity contribution in [2.45, 2.75) is 38.3 Å². The van der Waals surface area contributed by atoms with Crippen molar-refractivity contribution in [3.05, 3.63) is 41.2 Å². The van der Waals surface area contributed by atoms with Crippen molar-refractivity contribution in [3.8, 4) is 11.3 Å². The van der Waals surface area contributed by atoms with Crippen LogP contribution in [-0.2, 0) is 11.2 Å². The number of likely N-dealkylation sites (tertiary alicyclic amines) is 1. The molecule has 0 aliphatic carbocycles. The van der Waals surface area contributed by atoms with Gasteiger partial charge >= 0.3 is 0 Å². The number of amides is 1. The first kappa shape index (κ1) is 27.1. The van der Waals surface area contributed by atoms with Gasteiger partial charge in [0.05, 0.1) is 24.0 Å². The van der Waals surface area contributed by atoms with E-state index in [0.29, 0.717) is 19.6 Å². The summed E-state index contributed by atoms with van der Waals surface area (Å²) >= 11 is 3.11. The SMILES string of the molecule is CCc1nc2sc(N3CCCC(N(C)CC(=O)N4CC(O)C4)C3)nn2c1N(C)c1nc(-c2ccc(F)cc2)cs1. The number of halogens is 1. The molecule has 1 unspecified atom stereocenters. The Morgan fingerprint density at radius 1 is 1.18 bits per heavy atom. The Hall–Kier alpha value is -3.13. The molecule has 6 rings (SSSR count). The number of carbonyl (C=O) groups excluding carboxylic acids is 1. The van der Waals surface area contributed by atoms with E-state index in [9.17, 15) is 14.3 Å². The second kappa shape index (κ2) is 11.0. The molecule has 4 aromatic rings. The van der Waals surface area contributed by atoms with Gasteiger partial charge in [-0.3, -0.25) is 9.69 Å². The summed E-state index contributed by atoms with van der Waals surface area (Å²) in [6.45, 7) is 5.02. The van der Waals surface area contributed by atoms with E-state index in [-0.39, 0.29) is 23.9 Å². The molecule has 2 fully saturated rings. The Morgan fingerprint density at radius 2 is 1.95 bits per heavy atom. The molecule has 0 bridgehead atoms. The normalized spacial score (nSPS) is 18.1. The average Bonchev–Trinajstić information content (AvgIpc) is 3.66. The fourth-order valence-electron chi connectivity index (χ4n) is 5.32. The molecule has 5 heterocycles. The molecule has 13 heteroatoms. The maximum atomic E-state index is 13.4. The molecule has 3 aromatic heterocycles. The Balaban J connectivity index is 1.20. The van der Waals surface area contributed by atoms with Crippen LogP contribution in [0.2, 0.25) is 0 Å². The van der Waals surface area contributed by atoms with Gasteiger partial charge in [-0.05, 0) is 50.6 Å². The fraction of sp³-hybridized carbons (Fsp3) is 0.481. The average molecular weight is 585 g/mol. The van der Waals surface area contributed by atoms with E-state index >= 15 is 0 Å². The number of aryl methyl sites for hydroxylation is 1. The van der Waals surface area contributed by atoms with Gasteiger partial charge in [-0.2, -0.15) is 4.52 Å². The number of aliphatic hydroxyl groups excluding tert-OH is 1. The number of fused-ring (bicyclic) bond motifs is 1. The maximum absolute atomic E-state index is 13.4. The highest BCUT2D eigenvalue weighted by Crippen LogP contribution is 2.36. The summed E-state index contributed by atoms with van der Waals surface area (Å²) in [5, 5.41) is 18.2. The van der Waals surface area contributed by atoms with Crippen LogP contribution in [0, 0.1) is 5.82 Å². The Kier molecular flexibility index (Phi) is 7.46. The minimum atomic E-state index is -0.382. The lowest BCUT2D eigenvalue weighted by Crippen LogP contribution is -2.57. The third kappa shape index (κ3) is 5.18. The van der Waals surface area contributed by atoms with Crippen LogP contribution in [0.15, 0.2) is 29.6 Å². The summed E-state index contributed by atoms with van der Waals surface area (Å²) in [6.07, 6.45) is 2.43. The summed E-state index contributed by atoms with van der Waals surface area (Å²) in [5.74, 6) is 0.702. The predicted octanol–water partition coefficient (Wildman–Crippen LogP) is 3.49. The molecule has 40 heavy (non-hydrogen) atoms. The van der Waals surface area contributed by atoms with Crippen molar-refractivity contribution < 1.29 is 14.3 Å². The molecule has 1 aromatic carbocycles. The largest absolute Gasteiger partial charge is 0.389 e. The maximum Gasteiger partial charge on any atom is 0.236 e. The van der Waals surface area contributed by atoms with Crippen molar-refractivity contribution in [1.82, 2.24) is 29.4 Å². The number of aliphatic hydroxyl groups is 1. The van der Waals surface area contributed by atoms with Crippen molar-refractivity contribution >= 4 is 49.6 Å². The van der Waals surface area contributed by atoms with Crippen LogP contribution in [0.1, 0.15) is 25.5 Å². The number of thiazole rings is 1. The number of β-amino-alcohol motifs (C(OH)–C–C–N with tert-alkyl or cyclic N) is 1. The number of carbonyl (C=O) groups is 1. The molecular weight excluding hydrogens is 551 g/mol. The van der Waals surface area contributed by atoms with Crippen LogP contribution in [0.25, 0.3) is 16.2 Å². The summed E-state index contributed by atoms with van der Waals surface area (Å²) in [4.78, 5) is 31.3. The highest BCUT2D eigenvalue weighted by atomic mass is 32.1. The Morgan fingerprint density at radius 3 is 2.67 bits per heavy atom. The van der Waals surface area contributed by atoms with E-state index in [0.717, 1.165) is 70.3 Å². The second-order valence-electron chi connectivity index (χ2n) is 10.5. The van der Waals surface area contributed by atoms with E-state index in [1.54, 1.807) is 28.4 Å². The number of likely N-dealkylation sites (N-methyl/N-ethyl adjacent to an activating group) is 1. The topological polar surface area (TPSA) is 93.3 Å². The number of piperidine rings is 1. The van der Waals surface area contributed by atoms with Crippen LogP contribution < -0.4 is 9.80 Å². The highest BCUT2D eigenvalue weighted by molar-refractivity contribution is 7.20. The molecule has 212 valence electrons. The number of anilines is 3. The van der Waals surface area contributed by atoms with E-state index in [2.05, 4.69) is 16.7 Å². The van der Waals surface area contributed by atoms with Crippen molar-refractivity contribution in [2.24, 2.45) is 0 Å². The summed E-state index contributed by atoms with van der Waals surface area (Å²) in [7, 11) is 3.99. The quantitative estimate of drug-likeness (QED) is 0.337. The molecule has 1 amide bonds. The zero-order chi connectivity index (χ0) is 28.0. The van der Waals surface area contributed by atoms with Gasteiger partial charge in [0.2, 0.25) is 16.0 Å². The van der Waals surface area contributed by atoms with Crippen LogP contribution in [-0.4, -0.2) is 99.4 Å². The van der Waals surface area contributed by atoms with Crippen LogP contribution >= 0.6 is 22.7 Å². The zero-order valence-corrected chi connectivity index (χ0v) is 24.5. The molecule has 1 atom stereocenters. The number of hydrogen-bond acceptors (Lipinski definition) is 10. The van der Waals surface area contributed by atoms with Gasteiger partial charge in [0.25, 0.3) is 0 Å². The first-order valence-corrected chi connectivity index (χ1v) is 15.2. The number of benzene rings is 1. The number of aromatic nitrogens is 4. The minimum absolute atomic E-state index is 0.0715. The fourth-order valence-corrected chi connectivity index (χ4v) is 7.07. The summed E-state index contributed by atoms with van der Waals surface area (Å²) < 4.78 is 15.3. The van der Waals surface area contributed by atoms with Crippen LogP contribution in [0.5, 0.6) is 0 Å². The van der Waals surface area contributed by atoms with E-state index in [1.165, 1.54) is 23.5 Å². The minimum Gasteiger partial charge on any atom is -0.389 e. The third-order valence-electron chi connectivity index (χ3n) is 7.70. The van der Waals surface area contributed by atoms with E-state index < -0.39 is 0 Å².